The fraction of sp³-hybridized carbons (Fsp3) is 0.500. The van der Waals surface area contributed by atoms with E-state index in [2.05, 4.69) is 9.97 Å². The Morgan fingerprint density at radius 2 is 2.07 bits per heavy atom. The van der Waals surface area contributed by atoms with Crippen LogP contribution in [0, 0.1) is 13.8 Å². The molecular formula is C10H14N2O2S. The first-order valence-electron chi connectivity index (χ1n) is 4.73. The molecule has 0 aliphatic heterocycles. The molecule has 0 aromatic carbocycles. The van der Waals surface area contributed by atoms with E-state index in [0.717, 1.165) is 22.7 Å². The van der Waals surface area contributed by atoms with E-state index in [1.807, 2.05) is 20.8 Å². The van der Waals surface area contributed by atoms with Gasteiger partial charge in [0.05, 0.1) is 5.75 Å². The van der Waals surface area contributed by atoms with Crippen molar-refractivity contribution in [2.24, 2.45) is 0 Å². The van der Waals surface area contributed by atoms with Crippen LogP contribution in [0.3, 0.4) is 0 Å². The number of carboxylic acids is 1. The lowest BCUT2D eigenvalue weighted by molar-refractivity contribution is -0.133. The van der Waals surface area contributed by atoms with E-state index in [0.29, 0.717) is 5.82 Å². The van der Waals surface area contributed by atoms with Crippen LogP contribution in [-0.2, 0) is 11.2 Å². The summed E-state index contributed by atoms with van der Waals surface area (Å²) in [7, 11) is 0. The number of thioether (sulfide) groups is 1. The van der Waals surface area contributed by atoms with E-state index in [1.165, 1.54) is 11.8 Å². The van der Waals surface area contributed by atoms with Gasteiger partial charge in [0.15, 0.2) is 0 Å². The smallest absolute Gasteiger partial charge is 0.313 e. The van der Waals surface area contributed by atoms with Crippen molar-refractivity contribution in [1.82, 2.24) is 9.97 Å². The summed E-state index contributed by atoms with van der Waals surface area (Å²) in [6.45, 7) is 5.78. The van der Waals surface area contributed by atoms with E-state index >= 15 is 0 Å². The van der Waals surface area contributed by atoms with Crippen molar-refractivity contribution in [3.05, 3.63) is 17.1 Å². The van der Waals surface area contributed by atoms with E-state index in [1.54, 1.807) is 0 Å². The Balaban J connectivity index is 2.95. The van der Waals surface area contributed by atoms with Crippen LogP contribution in [-0.4, -0.2) is 26.8 Å². The SMILES string of the molecule is CCc1nc(C)nc(SCC(=O)O)c1C. The van der Waals surface area contributed by atoms with E-state index in [9.17, 15) is 4.79 Å². The van der Waals surface area contributed by atoms with Gasteiger partial charge in [0.1, 0.15) is 10.9 Å². The van der Waals surface area contributed by atoms with Crippen LogP contribution in [0.15, 0.2) is 5.03 Å². The zero-order chi connectivity index (χ0) is 11.4. The predicted octanol–water partition coefficient (Wildman–Crippen LogP) is 1.83. The van der Waals surface area contributed by atoms with Crippen LogP contribution >= 0.6 is 11.8 Å². The van der Waals surface area contributed by atoms with Gasteiger partial charge in [-0.3, -0.25) is 4.79 Å². The number of carbonyl (C=O) groups is 1. The minimum absolute atomic E-state index is 0.0421. The molecule has 0 unspecified atom stereocenters. The first kappa shape index (κ1) is 12.0. The van der Waals surface area contributed by atoms with E-state index in [4.69, 9.17) is 5.11 Å². The molecule has 1 N–H and O–H groups in total. The van der Waals surface area contributed by atoms with Gasteiger partial charge in [-0.2, -0.15) is 0 Å². The molecule has 4 nitrogen and oxygen atoms in total. The van der Waals surface area contributed by atoms with Crippen molar-refractivity contribution >= 4 is 17.7 Å². The van der Waals surface area contributed by atoms with Crippen LogP contribution in [0.5, 0.6) is 0 Å². The molecule has 0 saturated carbocycles. The van der Waals surface area contributed by atoms with Gasteiger partial charge in [-0.25, -0.2) is 9.97 Å². The highest BCUT2D eigenvalue weighted by Gasteiger charge is 2.09. The standard InChI is InChI=1S/C10H14N2O2S/c1-4-8-6(2)10(12-7(3)11-8)15-5-9(13)14/h4-5H2,1-3H3,(H,13,14). The van der Waals surface area contributed by atoms with Gasteiger partial charge in [0.2, 0.25) is 0 Å². The molecule has 82 valence electrons. The van der Waals surface area contributed by atoms with Gasteiger partial charge in [-0.15, -0.1) is 0 Å². The number of aliphatic carboxylic acids is 1. The maximum atomic E-state index is 10.5. The van der Waals surface area contributed by atoms with Crippen molar-refractivity contribution in [3.63, 3.8) is 0 Å². The highest BCUT2D eigenvalue weighted by atomic mass is 32.2. The van der Waals surface area contributed by atoms with Gasteiger partial charge in [-0.1, -0.05) is 18.7 Å². The molecule has 0 radical (unpaired) electrons. The van der Waals surface area contributed by atoms with E-state index < -0.39 is 5.97 Å². The Labute approximate surface area is 93.1 Å². The predicted molar refractivity (Wildman–Crippen MR) is 59.2 cm³/mol. The highest BCUT2D eigenvalue weighted by molar-refractivity contribution is 7.99. The molecule has 0 bridgehead atoms. The molecule has 0 aliphatic carbocycles. The number of nitrogens with zero attached hydrogens (tertiary/aromatic N) is 2. The quantitative estimate of drug-likeness (QED) is 0.627. The average Bonchev–Trinajstić information content (AvgIpc) is 2.18. The van der Waals surface area contributed by atoms with Crippen LogP contribution in [0.2, 0.25) is 0 Å². The van der Waals surface area contributed by atoms with Gasteiger partial charge in [0, 0.05) is 11.3 Å². The molecule has 1 heterocycles. The third-order valence-electron chi connectivity index (χ3n) is 1.98. The zero-order valence-corrected chi connectivity index (χ0v) is 9.89. The Bertz CT molecular complexity index is 380. The molecule has 1 aromatic rings. The van der Waals surface area contributed by atoms with Gasteiger partial charge in [0.25, 0.3) is 0 Å². The molecule has 0 fully saturated rings. The van der Waals surface area contributed by atoms with Gasteiger partial charge in [-0.05, 0) is 20.3 Å². The largest absolute Gasteiger partial charge is 0.481 e. The molecule has 1 rings (SSSR count). The third kappa shape index (κ3) is 3.20. The summed E-state index contributed by atoms with van der Waals surface area (Å²) < 4.78 is 0. The maximum absolute atomic E-state index is 10.5. The van der Waals surface area contributed by atoms with E-state index in [-0.39, 0.29) is 5.75 Å². The van der Waals surface area contributed by atoms with Crippen molar-refractivity contribution in [2.45, 2.75) is 32.2 Å². The lowest BCUT2D eigenvalue weighted by atomic mass is 10.2. The molecular weight excluding hydrogens is 212 g/mol. The molecule has 15 heavy (non-hydrogen) atoms. The summed E-state index contributed by atoms with van der Waals surface area (Å²) in [5.41, 5.74) is 1.99. The lowest BCUT2D eigenvalue weighted by Crippen LogP contribution is -2.04. The normalized spacial score (nSPS) is 10.3. The Hall–Kier alpha value is -1.10. The van der Waals surface area contributed by atoms with Crippen LogP contribution in [0.25, 0.3) is 0 Å². The number of aromatic nitrogens is 2. The lowest BCUT2D eigenvalue weighted by Gasteiger charge is -2.08. The van der Waals surface area contributed by atoms with Crippen LogP contribution in [0.1, 0.15) is 24.0 Å². The Kier molecular flexibility index (Phi) is 4.08. The summed E-state index contributed by atoms with van der Waals surface area (Å²) in [6, 6.07) is 0. The topological polar surface area (TPSA) is 63.1 Å². The number of rotatable bonds is 4. The minimum Gasteiger partial charge on any atom is -0.481 e. The number of hydrogen-bond donors (Lipinski definition) is 1. The summed E-state index contributed by atoms with van der Waals surface area (Å²) in [5, 5.41) is 9.38. The van der Waals surface area contributed by atoms with Gasteiger partial charge < -0.3 is 5.11 Å². The fourth-order valence-electron chi connectivity index (χ4n) is 1.27. The van der Waals surface area contributed by atoms with Crippen LogP contribution in [0.4, 0.5) is 0 Å². The third-order valence-corrected chi connectivity index (χ3v) is 3.04. The molecule has 5 heteroatoms. The fourth-order valence-corrected chi connectivity index (χ4v) is 2.06. The molecule has 0 spiro atoms. The van der Waals surface area contributed by atoms with Crippen molar-refractivity contribution in [2.75, 3.05) is 5.75 Å². The summed E-state index contributed by atoms with van der Waals surface area (Å²) >= 11 is 1.25. The average molecular weight is 226 g/mol. The monoisotopic (exact) mass is 226 g/mol. The summed E-state index contributed by atoms with van der Waals surface area (Å²) in [4.78, 5) is 19.0. The Morgan fingerprint density at radius 1 is 1.40 bits per heavy atom. The van der Waals surface area contributed by atoms with Crippen molar-refractivity contribution in [3.8, 4) is 0 Å². The number of carboxylic acid groups (broad SMARTS) is 1. The first-order valence-corrected chi connectivity index (χ1v) is 5.71. The Morgan fingerprint density at radius 3 is 2.60 bits per heavy atom. The second-order valence-corrected chi connectivity index (χ2v) is 4.15. The zero-order valence-electron chi connectivity index (χ0n) is 9.07. The molecule has 0 saturated heterocycles. The number of hydrogen-bond acceptors (Lipinski definition) is 4. The second kappa shape index (κ2) is 5.11. The van der Waals surface area contributed by atoms with Crippen molar-refractivity contribution in [1.29, 1.82) is 0 Å². The second-order valence-electron chi connectivity index (χ2n) is 3.18. The first-order chi connectivity index (χ1) is 7.04. The molecule has 0 amide bonds. The number of aryl methyl sites for hydroxylation is 2. The van der Waals surface area contributed by atoms with Crippen molar-refractivity contribution < 1.29 is 9.90 Å². The summed E-state index contributed by atoms with van der Waals surface area (Å²) in [6.07, 6.45) is 0.843. The molecule has 0 atom stereocenters. The highest BCUT2D eigenvalue weighted by Crippen LogP contribution is 2.22. The van der Waals surface area contributed by atoms with Gasteiger partial charge >= 0.3 is 5.97 Å². The molecule has 0 aliphatic rings. The maximum Gasteiger partial charge on any atom is 0.313 e. The molecule has 1 aromatic heterocycles. The van der Waals surface area contributed by atoms with Crippen LogP contribution < -0.4 is 0 Å². The summed E-state index contributed by atoms with van der Waals surface area (Å²) in [5.74, 6) is -0.0838. The minimum atomic E-state index is -0.825.